The van der Waals surface area contributed by atoms with Crippen molar-refractivity contribution in [3.8, 4) is 0 Å². The van der Waals surface area contributed by atoms with E-state index in [-0.39, 0.29) is 18.7 Å². The third kappa shape index (κ3) is 5.35. The Bertz CT molecular complexity index is 1290. The van der Waals surface area contributed by atoms with E-state index in [0.717, 1.165) is 61.9 Å². The third-order valence-electron chi connectivity index (χ3n) is 8.90. The summed E-state index contributed by atoms with van der Waals surface area (Å²) in [5.74, 6) is -0.461. The molecule has 1 unspecified atom stereocenters. The summed E-state index contributed by atoms with van der Waals surface area (Å²) in [4.78, 5) is 53.4. The molecule has 2 aromatic carbocycles. The Balaban J connectivity index is 1.07. The van der Waals surface area contributed by atoms with Gasteiger partial charge in [-0.25, -0.2) is 0 Å². The van der Waals surface area contributed by atoms with Gasteiger partial charge in [-0.3, -0.25) is 29.4 Å². The minimum Gasteiger partial charge on any atom is -0.371 e. The van der Waals surface area contributed by atoms with E-state index in [1.54, 1.807) is 12.1 Å². The maximum Gasteiger partial charge on any atom is 0.262 e. The molecule has 4 aliphatic heterocycles. The van der Waals surface area contributed by atoms with Crippen molar-refractivity contribution in [2.75, 3.05) is 31.1 Å². The predicted octanol–water partition coefficient (Wildman–Crippen LogP) is 3.09. The van der Waals surface area contributed by atoms with Gasteiger partial charge in [0.25, 0.3) is 11.8 Å². The molecule has 0 aromatic heterocycles. The first-order valence-corrected chi connectivity index (χ1v) is 14.4. The number of hydrogen-bond acceptors (Lipinski definition) is 6. The normalized spacial score (nSPS) is 22.8. The van der Waals surface area contributed by atoms with Crippen molar-refractivity contribution in [2.45, 2.75) is 57.4 Å². The third-order valence-corrected chi connectivity index (χ3v) is 8.90. The summed E-state index contributed by atoms with van der Waals surface area (Å²) in [6.45, 7) is 4.07. The van der Waals surface area contributed by atoms with Gasteiger partial charge in [-0.15, -0.1) is 0 Å². The Morgan fingerprint density at radius 2 is 1.41 bits per heavy atom. The number of benzene rings is 2. The average Bonchev–Trinajstić information content (AvgIpc) is 3.19. The summed E-state index contributed by atoms with van der Waals surface area (Å²) in [5.41, 5.74) is 4.49. The van der Waals surface area contributed by atoms with E-state index >= 15 is 0 Å². The Labute approximate surface area is 229 Å². The van der Waals surface area contributed by atoms with Crippen LogP contribution in [0.5, 0.6) is 0 Å². The van der Waals surface area contributed by atoms with Gasteiger partial charge in [0.05, 0.1) is 11.1 Å². The van der Waals surface area contributed by atoms with Crippen molar-refractivity contribution in [1.82, 2.24) is 15.5 Å². The molecule has 1 atom stereocenters. The monoisotopic (exact) mass is 528 g/mol. The Morgan fingerprint density at radius 3 is 2.10 bits per heavy atom. The van der Waals surface area contributed by atoms with Gasteiger partial charge in [-0.2, -0.15) is 0 Å². The lowest BCUT2D eigenvalue weighted by Crippen LogP contribution is -2.54. The fraction of sp³-hybridized carbons (Fsp3) is 0.484. The number of amides is 4. The van der Waals surface area contributed by atoms with Crippen molar-refractivity contribution in [2.24, 2.45) is 11.8 Å². The van der Waals surface area contributed by atoms with Crippen molar-refractivity contribution in [1.29, 1.82) is 0 Å². The molecule has 204 valence electrons. The zero-order chi connectivity index (χ0) is 26.9. The second kappa shape index (κ2) is 10.9. The van der Waals surface area contributed by atoms with Crippen LogP contribution in [0.1, 0.15) is 70.4 Å². The van der Waals surface area contributed by atoms with E-state index in [9.17, 15) is 19.2 Å². The first-order chi connectivity index (χ1) is 19.0. The second-order valence-electron chi connectivity index (χ2n) is 11.5. The van der Waals surface area contributed by atoms with E-state index in [2.05, 4.69) is 39.8 Å². The first-order valence-electron chi connectivity index (χ1n) is 14.4. The topological polar surface area (TPSA) is 98.8 Å². The largest absolute Gasteiger partial charge is 0.371 e. The summed E-state index contributed by atoms with van der Waals surface area (Å²) in [5, 5.41) is 5.70. The fourth-order valence-corrected chi connectivity index (χ4v) is 6.69. The lowest BCUT2D eigenvalue weighted by Gasteiger charge is -2.34. The zero-order valence-corrected chi connectivity index (χ0v) is 22.3. The number of carbonyl (C=O) groups excluding carboxylic acids is 4. The van der Waals surface area contributed by atoms with Crippen molar-refractivity contribution in [3.63, 3.8) is 0 Å². The van der Waals surface area contributed by atoms with Gasteiger partial charge in [0.2, 0.25) is 11.8 Å². The van der Waals surface area contributed by atoms with Crippen LogP contribution in [-0.2, 0) is 22.4 Å². The molecule has 8 heteroatoms. The number of rotatable bonds is 6. The van der Waals surface area contributed by atoms with Gasteiger partial charge in [0.15, 0.2) is 0 Å². The highest BCUT2D eigenvalue weighted by Crippen LogP contribution is 2.33. The molecular weight excluding hydrogens is 492 g/mol. The molecule has 3 saturated heterocycles. The number of carbonyl (C=O) groups is 4. The highest BCUT2D eigenvalue weighted by Gasteiger charge is 2.44. The molecule has 0 radical (unpaired) electrons. The summed E-state index contributed by atoms with van der Waals surface area (Å²) < 4.78 is 0. The summed E-state index contributed by atoms with van der Waals surface area (Å²) in [6.07, 6.45) is 7.22. The molecule has 0 bridgehead atoms. The van der Waals surface area contributed by atoms with E-state index in [1.807, 2.05) is 6.07 Å². The standard InChI is InChI=1S/C31H36N4O4/c36-28-7-6-27(29(37)33-28)35-30(38)25-5-4-24(19-26(25)31(35)39)34-14-10-21(11-15-34)17-23-3-1-2-22(18-23)16-20-8-12-32-13-9-20/h1-5,18-21,27,32H,6-17H2,(H,33,36,37). The molecular formula is C31H36N4O4. The van der Waals surface area contributed by atoms with Gasteiger partial charge in [0, 0.05) is 25.2 Å². The van der Waals surface area contributed by atoms with Crippen LogP contribution in [0.25, 0.3) is 0 Å². The number of nitrogens with one attached hydrogen (secondary N) is 2. The minimum absolute atomic E-state index is 0.118. The van der Waals surface area contributed by atoms with E-state index in [4.69, 9.17) is 0 Å². The maximum atomic E-state index is 13.2. The number of anilines is 1. The van der Waals surface area contributed by atoms with Crippen LogP contribution >= 0.6 is 0 Å². The molecule has 0 spiro atoms. The van der Waals surface area contributed by atoms with Crippen LogP contribution in [0.15, 0.2) is 42.5 Å². The molecule has 3 fully saturated rings. The summed E-state index contributed by atoms with van der Waals surface area (Å²) in [6, 6.07) is 13.6. The molecule has 4 aliphatic rings. The highest BCUT2D eigenvalue weighted by atomic mass is 16.2. The number of piperidine rings is 3. The van der Waals surface area contributed by atoms with Crippen LogP contribution in [0.2, 0.25) is 0 Å². The Hall–Kier alpha value is -3.52. The molecule has 6 rings (SSSR count). The number of nitrogens with zero attached hydrogens (tertiary/aromatic N) is 2. The maximum absolute atomic E-state index is 13.2. The second-order valence-corrected chi connectivity index (χ2v) is 11.5. The van der Waals surface area contributed by atoms with Crippen LogP contribution in [0.3, 0.4) is 0 Å². The lowest BCUT2D eigenvalue weighted by atomic mass is 9.87. The van der Waals surface area contributed by atoms with Gasteiger partial charge in [0.1, 0.15) is 6.04 Å². The molecule has 0 aliphatic carbocycles. The summed E-state index contributed by atoms with van der Waals surface area (Å²) >= 11 is 0. The minimum atomic E-state index is -0.938. The first kappa shape index (κ1) is 25.7. The molecule has 2 N–H and O–H groups in total. The Morgan fingerprint density at radius 1 is 0.744 bits per heavy atom. The predicted molar refractivity (Wildman–Crippen MR) is 147 cm³/mol. The number of hydrogen-bond donors (Lipinski definition) is 2. The fourth-order valence-electron chi connectivity index (χ4n) is 6.69. The molecule has 2 aromatic rings. The quantitative estimate of drug-likeness (QED) is 0.559. The molecule has 8 nitrogen and oxygen atoms in total. The zero-order valence-electron chi connectivity index (χ0n) is 22.3. The lowest BCUT2D eigenvalue weighted by molar-refractivity contribution is -0.136. The molecule has 4 heterocycles. The van der Waals surface area contributed by atoms with Crippen molar-refractivity contribution in [3.05, 3.63) is 64.7 Å². The molecule has 4 amide bonds. The van der Waals surface area contributed by atoms with Crippen molar-refractivity contribution < 1.29 is 19.2 Å². The average molecular weight is 529 g/mol. The number of imide groups is 2. The van der Waals surface area contributed by atoms with E-state index < -0.39 is 23.8 Å². The summed E-state index contributed by atoms with van der Waals surface area (Å²) in [7, 11) is 0. The SMILES string of the molecule is O=C1CCC(N2C(=O)c3ccc(N4CCC(Cc5cccc(CC6CCNCC6)c5)CC4)cc3C2=O)C(=O)N1. The van der Waals surface area contributed by atoms with Crippen LogP contribution in [-0.4, -0.2) is 60.7 Å². The number of fused-ring (bicyclic) bond motifs is 1. The van der Waals surface area contributed by atoms with Gasteiger partial charge < -0.3 is 10.2 Å². The van der Waals surface area contributed by atoms with Gasteiger partial charge >= 0.3 is 0 Å². The van der Waals surface area contributed by atoms with Crippen LogP contribution in [0, 0.1) is 11.8 Å². The van der Waals surface area contributed by atoms with Crippen LogP contribution in [0.4, 0.5) is 5.69 Å². The highest BCUT2D eigenvalue weighted by molar-refractivity contribution is 6.23. The van der Waals surface area contributed by atoms with E-state index in [1.165, 1.54) is 30.4 Å². The van der Waals surface area contributed by atoms with Crippen LogP contribution < -0.4 is 15.5 Å². The molecule has 39 heavy (non-hydrogen) atoms. The van der Waals surface area contributed by atoms with E-state index in [0.29, 0.717) is 17.0 Å². The molecule has 0 saturated carbocycles. The Kier molecular flexibility index (Phi) is 7.21. The van der Waals surface area contributed by atoms with Crippen molar-refractivity contribution >= 4 is 29.3 Å². The smallest absolute Gasteiger partial charge is 0.262 e. The van der Waals surface area contributed by atoms with Gasteiger partial charge in [-0.05, 0) is 99.2 Å². The van der Waals surface area contributed by atoms with Gasteiger partial charge in [-0.1, -0.05) is 24.3 Å².